The smallest absolute Gasteiger partial charge is 0.258 e. The summed E-state index contributed by atoms with van der Waals surface area (Å²) in [6, 6.07) is 5.25. The van der Waals surface area contributed by atoms with Crippen LogP contribution in [-0.2, 0) is 9.59 Å². The monoisotopic (exact) mass is 352 g/mol. The maximum atomic E-state index is 12.4. The van der Waals surface area contributed by atoms with Gasteiger partial charge in [-0.2, -0.15) is 0 Å². The fraction of sp³-hybridized carbons (Fsp3) is 0.556. The highest BCUT2D eigenvalue weighted by atomic mass is 35.5. The zero-order valence-corrected chi connectivity index (χ0v) is 15.0. The molecular weight excluding hydrogens is 328 g/mol. The molecule has 1 fully saturated rings. The molecule has 0 radical (unpaired) electrons. The Bertz CT molecular complexity index is 598. The van der Waals surface area contributed by atoms with E-state index in [1.165, 1.54) is 0 Å². The third-order valence-electron chi connectivity index (χ3n) is 4.35. The van der Waals surface area contributed by atoms with Crippen molar-refractivity contribution in [2.24, 2.45) is 0 Å². The normalized spacial score (nSPS) is 16.3. The van der Waals surface area contributed by atoms with E-state index in [1.807, 2.05) is 13.8 Å². The van der Waals surface area contributed by atoms with Crippen LogP contribution < -0.4 is 15.4 Å². The van der Waals surface area contributed by atoms with Crippen molar-refractivity contribution >= 4 is 23.4 Å². The van der Waals surface area contributed by atoms with Crippen molar-refractivity contribution in [1.82, 2.24) is 10.6 Å². The SMILES string of the molecule is CCNC(=O)C1(NC(=O)COc2ccc(Cl)cc2C)CCCCC1. The molecule has 2 rings (SSSR count). The van der Waals surface area contributed by atoms with Crippen LogP contribution in [0.4, 0.5) is 0 Å². The molecule has 0 bridgehead atoms. The van der Waals surface area contributed by atoms with E-state index in [9.17, 15) is 9.59 Å². The van der Waals surface area contributed by atoms with Crippen LogP contribution in [0.1, 0.15) is 44.6 Å². The number of carbonyl (C=O) groups excluding carboxylic acids is 2. The molecule has 1 saturated carbocycles. The lowest BCUT2D eigenvalue weighted by Crippen LogP contribution is -2.60. The first-order valence-corrected chi connectivity index (χ1v) is 8.83. The van der Waals surface area contributed by atoms with Crippen molar-refractivity contribution in [2.45, 2.75) is 51.5 Å². The molecule has 1 aromatic rings. The summed E-state index contributed by atoms with van der Waals surface area (Å²) < 4.78 is 5.58. The molecule has 6 heteroatoms. The standard InChI is InChI=1S/C18H25ClN2O3/c1-3-20-17(23)18(9-5-4-6-10-18)21-16(22)12-24-15-8-7-14(19)11-13(15)2/h7-8,11H,3-6,9-10,12H2,1-2H3,(H,20,23)(H,21,22). The fourth-order valence-corrected chi connectivity index (χ4v) is 3.34. The Balaban J connectivity index is 1.98. The van der Waals surface area contributed by atoms with Crippen LogP contribution in [0.3, 0.4) is 0 Å². The van der Waals surface area contributed by atoms with Crippen LogP contribution in [0.5, 0.6) is 5.75 Å². The van der Waals surface area contributed by atoms with Gasteiger partial charge in [-0.15, -0.1) is 0 Å². The molecule has 1 aliphatic rings. The zero-order valence-electron chi connectivity index (χ0n) is 14.3. The minimum absolute atomic E-state index is 0.0966. The molecule has 1 aliphatic carbocycles. The van der Waals surface area contributed by atoms with Crippen molar-refractivity contribution in [3.8, 4) is 5.75 Å². The lowest BCUT2D eigenvalue weighted by atomic mass is 9.80. The first-order chi connectivity index (χ1) is 11.5. The average molecular weight is 353 g/mol. The van der Waals surface area contributed by atoms with Gasteiger partial charge >= 0.3 is 0 Å². The van der Waals surface area contributed by atoms with Gasteiger partial charge in [0.2, 0.25) is 5.91 Å². The Labute approximate surface area is 148 Å². The van der Waals surface area contributed by atoms with Gasteiger partial charge < -0.3 is 15.4 Å². The second-order valence-electron chi connectivity index (χ2n) is 6.25. The fourth-order valence-electron chi connectivity index (χ4n) is 3.11. The molecule has 0 atom stereocenters. The van der Waals surface area contributed by atoms with Crippen LogP contribution >= 0.6 is 11.6 Å². The maximum absolute atomic E-state index is 12.4. The lowest BCUT2D eigenvalue weighted by Gasteiger charge is -2.36. The summed E-state index contributed by atoms with van der Waals surface area (Å²) in [5.74, 6) is 0.239. The number of rotatable bonds is 6. The van der Waals surface area contributed by atoms with Gasteiger partial charge in [-0.25, -0.2) is 0 Å². The molecule has 0 heterocycles. The molecule has 0 spiro atoms. The van der Waals surface area contributed by atoms with Gasteiger partial charge in [0.1, 0.15) is 11.3 Å². The third-order valence-corrected chi connectivity index (χ3v) is 4.59. The Hall–Kier alpha value is -1.75. The number of nitrogens with one attached hydrogen (secondary N) is 2. The molecule has 0 aliphatic heterocycles. The minimum Gasteiger partial charge on any atom is -0.484 e. The molecule has 1 aromatic carbocycles. The van der Waals surface area contributed by atoms with Gasteiger partial charge in [-0.3, -0.25) is 9.59 Å². The molecule has 132 valence electrons. The summed E-state index contributed by atoms with van der Waals surface area (Å²) in [6.07, 6.45) is 4.32. The molecular formula is C18H25ClN2O3. The van der Waals surface area contributed by atoms with E-state index < -0.39 is 5.54 Å². The number of hydrogen-bond donors (Lipinski definition) is 2. The van der Waals surface area contributed by atoms with Gasteiger partial charge in [0.15, 0.2) is 6.61 Å². The van der Waals surface area contributed by atoms with Crippen LogP contribution in [0.15, 0.2) is 18.2 Å². The van der Waals surface area contributed by atoms with Crippen molar-refractivity contribution < 1.29 is 14.3 Å². The highest BCUT2D eigenvalue weighted by Crippen LogP contribution is 2.28. The molecule has 0 aromatic heterocycles. The van der Waals surface area contributed by atoms with E-state index in [4.69, 9.17) is 16.3 Å². The molecule has 2 amide bonds. The van der Waals surface area contributed by atoms with E-state index in [0.717, 1.165) is 24.8 Å². The van der Waals surface area contributed by atoms with Crippen molar-refractivity contribution in [1.29, 1.82) is 0 Å². The van der Waals surface area contributed by atoms with Crippen molar-refractivity contribution in [2.75, 3.05) is 13.2 Å². The first-order valence-electron chi connectivity index (χ1n) is 8.45. The number of carbonyl (C=O) groups is 2. The number of amides is 2. The summed E-state index contributed by atoms with van der Waals surface area (Å²) >= 11 is 5.91. The van der Waals surface area contributed by atoms with E-state index in [2.05, 4.69) is 10.6 Å². The Morgan fingerprint density at radius 1 is 1.25 bits per heavy atom. The first kappa shape index (κ1) is 18.6. The largest absolute Gasteiger partial charge is 0.484 e. The molecule has 5 nitrogen and oxygen atoms in total. The van der Waals surface area contributed by atoms with Crippen LogP contribution in [0.2, 0.25) is 5.02 Å². The third kappa shape index (κ3) is 4.63. The lowest BCUT2D eigenvalue weighted by molar-refractivity contribution is -0.135. The molecule has 0 saturated heterocycles. The van der Waals surface area contributed by atoms with Crippen molar-refractivity contribution in [3.63, 3.8) is 0 Å². The minimum atomic E-state index is -0.802. The zero-order chi connectivity index (χ0) is 17.6. The van der Waals surface area contributed by atoms with E-state index in [1.54, 1.807) is 18.2 Å². The van der Waals surface area contributed by atoms with Gasteiger partial charge in [0, 0.05) is 11.6 Å². The van der Waals surface area contributed by atoms with E-state index in [-0.39, 0.29) is 18.4 Å². The average Bonchev–Trinajstić information content (AvgIpc) is 2.55. The van der Waals surface area contributed by atoms with Crippen LogP contribution in [0.25, 0.3) is 0 Å². The number of likely N-dealkylation sites (N-methyl/N-ethyl adjacent to an activating group) is 1. The Morgan fingerprint density at radius 3 is 2.58 bits per heavy atom. The number of aryl methyl sites for hydroxylation is 1. The molecule has 24 heavy (non-hydrogen) atoms. The summed E-state index contributed by atoms with van der Waals surface area (Å²) in [7, 11) is 0. The topological polar surface area (TPSA) is 67.4 Å². The Morgan fingerprint density at radius 2 is 1.96 bits per heavy atom. The Kier molecular flexibility index (Phi) is 6.49. The predicted molar refractivity (Wildman–Crippen MR) is 94.3 cm³/mol. The van der Waals surface area contributed by atoms with Crippen LogP contribution in [-0.4, -0.2) is 30.5 Å². The summed E-state index contributed by atoms with van der Waals surface area (Å²) in [4.78, 5) is 24.8. The quantitative estimate of drug-likeness (QED) is 0.827. The van der Waals surface area contributed by atoms with E-state index in [0.29, 0.717) is 30.2 Å². The van der Waals surface area contributed by atoms with Crippen molar-refractivity contribution in [3.05, 3.63) is 28.8 Å². The molecule has 2 N–H and O–H groups in total. The van der Waals surface area contributed by atoms with Gasteiger partial charge in [-0.05, 0) is 50.5 Å². The maximum Gasteiger partial charge on any atom is 0.258 e. The molecule has 0 unspecified atom stereocenters. The number of hydrogen-bond acceptors (Lipinski definition) is 3. The van der Waals surface area contributed by atoms with Gasteiger partial charge in [0.25, 0.3) is 5.91 Å². The van der Waals surface area contributed by atoms with E-state index >= 15 is 0 Å². The number of ether oxygens (including phenoxy) is 1. The summed E-state index contributed by atoms with van der Waals surface area (Å²) in [5.41, 5.74) is 0.0652. The predicted octanol–water partition coefficient (Wildman–Crippen LogP) is 2.98. The highest BCUT2D eigenvalue weighted by molar-refractivity contribution is 6.30. The second kappa shape index (κ2) is 8.38. The number of benzene rings is 1. The van der Waals surface area contributed by atoms with Gasteiger partial charge in [-0.1, -0.05) is 30.9 Å². The van der Waals surface area contributed by atoms with Crippen LogP contribution in [0, 0.1) is 6.92 Å². The summed E-state index contributed by atoms with van der Waals surface area (Å²) in [5, 5.41) is 6.38. The number of halogens is 1. The summed E-state index contributed by atoms with van der Waals surface area (Å²) in [6.45, 7) is 4.18. The highest BCUT2D eigenvalue weighted by Gasteiger charge is 2.40. The van der Waals surface area contributed by atoms with Gasteiger partial charge in [0.05, 0.1) is 0 Å². The second-order valence-corrected chi connectivity index (χ2v) is 6.69.